The molecule has 0 amide bonds. The quantitative estimate of drug-likeness (QED) is 0.783. The molecule has 5 nitrogen and oxygen atoms in total. The molecule has 19 heavy (non-hydrogen) atoms. The summed E-state index contributed by atoms with van der Waals surface area (Å²) in [4.78, 5) is 4.03. The molecule has 7 heteroatoms. The number of aryl methyl sites for hydroxylation is 1. The number of halogens is 1. The van der Waals surface area contributed by atoms with Crippen LogP contribution in [0.3, 0.4) is 0 Å². The van der Waals surface area contributed by atoms with Crippen LogP contribution in [0.4, 0.5) is 0 Å². The highest BCUT2D eigenvalue weighted by atomic mass is 35.5. The van der Waals surface area contributed by atoms with E-state index in [1.165, 1.54) is 0 Å². The molecule has 108 valence electrons. The second-order valence-electron chi connectivity index (χ2n) is 4.79. The van der Waals surface area contributed by atoms with Crippen LogP contribution in [0.5, 0.6) is 0 Å². The van der Waals surface area contributed by atoms with Crippen molar-refractivity contribution in [3.63, 3.8) is 0 Å². The molecule has 1 saturated heterocycles. The van der Waals surface area contributed by atoms with Gasteiger partial charge in [0.25, 0.3) is 10.0 Å². The molecule has 2 heterocycles. The first-order chi connectivity index (χ1) is 9.09. The SMILES string of the molecule is CCn1cnc(S(=O)(=O)N2CCCCC2CCCl)c1. The molecule has 0 spiro atoms. The zero-order chi connectivity index (χ0) is 13.9. The van der Waals surface area contributed by atoms with E-state index in [1.54, 1.807) is 21.4 Å². The van der Waals surface area contributed by atoms with Crippen LogP contribution >= 0.6 is 11.6 Å². The molecule has 0 saturated carbocycles. The van der Waals surface area contributed by atoms with Crippen LogP contribution in [-0.2, 0) is 16.6 Å². The molecule has 1 aliphatic heterocycles. The number of hydrogen-bond acceptors (Lipinski definition) is 3. The molecule has 0 bridgehead atoms. The highest BCUT2D eigenvalue weighted by molar-refractivity contribution is 7.89. The van der Waals surface area contributed by atoms with Crippen molar-refractivity contribution in [1.82, 2.24) is 13.9 Å². The third-order valence-electron chi connectivity index (χ3n) is 3.56. The van der Waals surface area contributed by atoms with Crippen LogP contribution in [0.2, 0.25) is 0 Å². The lowest BCUT2D eigenvalue weighted by atomic mass is 10.0. The zero-order valence-corrected chi connectivity index (χ0v) is 12.7. The Balaban J connectivity index is 2.25. The summed E-state index contributed by atoms with van der Waals surface area (Å²) in [6, 6.07) is 0.0167. The van der Waals surface area contributed by atoms with Crippen molar-refractivity contribution in [2.24, 2.45) is 0 Å². The minimum absolute atomic E-state index is 0.0167. The first-order valence-corrected chi connectivity index (χ1v) is 8.66. The van der Waals surface area contributed by atoms with Crippen LogP contribution in [0, 0.1) is 0 Å². The molecule has 2 rings (SSSR count). The number of rotatable bonds is 5. The Morgan fingerprint density at radius 2 is 2.26 bits per heavy atom. The number of sulfonamides is 1. The van der Waals surface area contributed by atoms with E-state index >= 15 is 0 Å². The smallest absolute Gasteiger partial charge is 0.262 e. The van der Waals surface area contributed by atoms with Gasteiger partial charge in [-0.15, -0.1) is 11.6 Å². The van der Waals surface area contributed by atoms with Crippen molar-refractivity contribution in [3.05, 3.63) is 12.5 Å². The Morgan fingerprint density at radius 1 is 1.47 bits per heavy atom. The summed E-state index contributed by atoms with van der Waals surface area (Å²) in [6.45, 7) is 3.24. The number of aromatic nitrogens is 2. The molecule has 1 aromatic heterocycles. The largest absolute Gasteiger partial charge is 0.336 e. The Kier molecular flexibility index (Phi) is 4.86. The van der Waals surface area contributed by atoms with Gasteiger partial charge in [-0.2, -0.15) is 4.31 Å². The maximum Gasteiger partial charge on any atom is 0.262 e. The van der Waals surface area contributed by atoms with Crippen LogP contribution in [-0.4, -0.2) is 40.7 Å². The van der Waals surface area contributed by atoms with E-state index in [4.69, 9.17) is 11.6 Å². The standard InChI is InChI=1S/C12H20ClN3O2S/c1-2-15-9-12(14-10-15)19(17,18)16-8-4-3-5-11(16)6-7-13/h9-11H,2-8H2,1H3. The maximum absolute atomic E-state index is 12.6. The lowest BCUT2D eigenvalue weighted by Gasteiger charge is -2.33. The second-order valence-corrected chi connectivity index (χ2v) is 7.00. The van der Waals surface area contributed by atoms with Crippen molar-refractivity contribution in [3.8, 4) is 0 Å². The summed E-state index contributed by atoms with van der Waals surface area (Å²) in [5, 5.41) is 0.149. The number of imidazole rings is 1. The minimum Gasteiger partial charge on any atom is -0.336 e. The van der Waals surface area contributed by atoms with E-state index in [-0.39, 0.29) is 11.1 Å². The first kappa shape index (κ1) is 14.8. The van der Waals surface area contributed by atoms with Crippen LogP contribution in [0.1, 0.15) is 32.6 Å². The predicted molar refractivity (Wildman–Crippen MR) is 74.8 cm³/mol. The zero-order valence-electron chi connectivity index (χ0n) is 11.1. The van der Waals surface area contributed by atoms with Gasteiger partial charge >= 0.3 is 0 Å². The molecule has 1 unspecified atom stereocenters. The van der Waals surface area contributed by atoms with E-state index in [0.717, 1.165) is 19.3 Å². The van der Waals surface area contributed by atoms with E-state index in [1.807, 2.05) is 6.92 Å². The van der Waals surface area contributed by atoms with Gasteiger partial charge in [-0.25, -0.2) is 13.4 Å². The Labute approximate surface area is 119 Å². The Morgan fingerprint density at radius 3 is 2.89 bits per heavy atom. The van der Waals surface area contributed by atoms with Gasteiger partial charge in [-0.05, 0) is 26.2 Å². The number of piperidine rings is 1. The van der Waals surface area contributed by atoms with Crippen molar-refractivity contribution >= 4 is 21.6 Å². The topological polar surface area (TPSA) is 55.2 Å². The van der Waals surface area contributed by atoms with Gasteiger partial charge in [0.15, 0.2) is 5.03 Å². The summed E-state index contributed by atoms with van der Waals surface area (Å²) < 4.78 is 28.6. The highest BCUT2D eigenvalue weighted by Crippen LogP contribution is 2.26. The van der Waals surface area contributed by atoms with E-state index < -0.39 is 10.0 Å². The van der Waals surface area contributed by atoms with Crippen LogP contribution in [0.25, 0.3) is 0 Å². The molecular weight excluding hydrogens is 286 g/mol. The third-order valence-corrected chi connectivity index (χ3v) is 5.62. The highest BCUT2D eigenvalue weighted by Gasteiger charge is 2.34. The fraction of sp³-hybridized carbons (Fsp3) is 0.750. The third kappa shape index (κ3) is 3.12. The van der Waals surface area contributed by atoms with Gasteiger partial charge in [0, 0.05) is 31.2 Å². The predicted octanol–water partition coefficient (Wildman–Crippen LogP) is 2.08. The van der Waals surface area contributed by atoms with Gasteiger partial charge in [-0.3, -0.25) is 0 Å². The summed E-state index contributed by atoms with van der Waals surface area (Å²) in [5.74, 6) is 0.486. The number of hydrogen-bond donors (Lipinski definition) is 0. The fourth-order valence-corrected chi connectivity index (χ4v) is 4.38. The summed E-state index contributed by atoms with van der Waals surface area (Å²) >= 11 is 5.78. The summed E-state index contributed by atoms with van der Waals surface area (Å²) in [5.41, 5.74) is 0. The molecule has 1 aromatic rings. The number of nitrogens with zero attached hydrogens (tertiary/aromatic N) is 3. The average Bonchev–Trinajstić information content (AvgIpc) is 2.89. The molecule has 1 fully saturated rings. The van der Waals surface area contributed by atoms with E-state index in [0.29, 0.717) is 25.4 Å². The molecule has 0 aromatic carbocycles. The van der Waals surface area contributed by atoms with Crippen LogP contribution in [0.15, 0.2) is 17.6 Å². The van der Waals surface area contributed by atoms with Gasteiger partial charge in [0.2, 0.25) is 0 Å². The van der Waals surface area contributed by atoms with Crippen molar-refractivity contribution in [2.75, 3.05) is 12.4 Å². The Hall–Kier alpha value is -0.590. The van der Waals surface area contributed by atoms with Crippen molar-refractivity contribution in [2.45, 2.75) is 50.2 Å². The second kappa shape index (κ2) is 6.24. The minimum atomic E-state index is -3.48. The maximum atomic E-state index is 12.6. The molecule has 1 atom stereocenters. The van der Waals surface area contributed by atoms with E-state index in [9.17, 15) is 8.42 Å². The normalized spacial score (nSPS) is 21.7. The molecule has 1 aliphatic rings. The molecule has 0 N–H and O–H groups in total. The van der Waals surface area contributed by atoms with Crippen molar-refractivity contribution in [1.29, 1.82) is 0 Å². The average molecular weight is 306 g/mol. The monoisotopic (exact) mass is 305 g/mol. The van der Waals surface area contributed by atoms with Crippen LogP contribution < -0.4 is 0 Å². The Bertz CT molecular complexity index is 513. The molecular formula is C12H20ClN3O2S. The lowest BCUT2D eigenvalue weighted by Crippen LogP contribution is -2.43. The summed E-state index contributed by atoms with van der Waals surface area (Å²) in [7, 11) is -3.48. The fourth-order valence-electron chi connectivity index (χ4n) is 2.47. The lowest BCUT2D eigenvalue weighted by molar-refractivity contribution is 0.247. The van der Waals surface area contributed by atoms with Crippen molar-refractivity contribution < 1.29 is 8.42 Å². The van der Waals surface area contributed by atoms with Gasteiger partial charge in [-0.1, -0.05) is 6.42 Å². The number of alkyl halides is 1. The van der Waals surface area contributed by atoms with Gasteiger partial charge in [0.1, 0.15) is 0 Å². The first-order valence-electron chi connectivity index (χ1n) is 6.69. The summed E-state index contributed by atoms with van der Waals surface area (Å²) in [6.07, 6.45) is 6.73. The van der Waals surface area contributed by atoms with Gasteiger partial charge in [0.05, 0.1) is 6.33 Å². The molecule has 0 radical (unpaired) electrons. The van der Waals surface area contributed by atoms with Gasteiger partial charge < -0.3 is 4.57 Å². The van der Waals surface area contributed by atoms with E-state index in [2.05, 4.69) is 4.98 Å². The molecule has 0 aliphatic carbocycles.